The molecule has 3 rings (SSSR count). The Morgan fingerprint density at radius 3 is 2.80 bits per heavy atom. The first-order valence-corrected chi connectivity index (χ1v) is 6.04. The molecule has 0 saturated carbocycles. The van der Waals surface area contributed by atoms with Crippen molar-refractivity contribution in [3.63, 3.8) is 0 Å². The molecule has 3 aromatic rings. The first-order valence-electron chi connectivity index (χ1n) is 6.04. The maximum absolute atomic E-state index is 10.8. The normalized spacial score (nSPS) is 10.7. The van der Waals surface area contributed by atoms with Crippen LogP contribution in [-0.4, -0.2) is 28.2 Å². The third-order valence-electron chi connectivity index (χ3n) is 3.18. The van der Waals surface area contributed by atoms with Gasteiger partial charge in [0, 0.05) is 23.3 Å². The zero-order valence-corrected chi connectivity index (χ0v) is 10.8. The van der Waals surface area contributed by atoms with Crippen LogP contribution in [0.4, 0.5) is 0 Å². The van der Waals surface area contributed by atoms with E-state index >= 15 is 0 Å². The van der Waals surface area contributed by atoms with E-state index in [0.717, 1.165) is 27.9 Å². The molecule has 2 heterocycles. The number of aromatic amines is 1. The van der Waals surface area contributed by atoms with E-state index in [4.69, 9.17) is 9.84 Å². The Bertz CT molecular complexity index is 775. The van der Waals surface area contributed by atoms with Gasteiger partial charge >= 0.3 is 5.97 Å². The standard InChI is InChI=1S/C15H12N2O3/c1-20-13-4-2-3-10-11(8-17-14(10)13)12-6-5-9(7-16-12)15(18)19/h2-8,17H,1H3,(H,18,19). The van der Waals surface area contributed by atoms with Crippen LogP contribution in [0.3, 0.4) is 0 Å². The maximum Gasteiger partial charge on any atom is 0.337 e. The summed E-state index contributed by atoms with van der Waals surface area (Å²) >= 11 is 0. The number of carboxylic acids is 1. The minimum absolute atomic E-state index is 0.172. The molecule has 2 aromatic heterocycles. The van der Waals surface area contributed by atoms with Gasteiger partial charge < -0.3 is 14.8 Å². The van der Waals surface area contributed by atoms with Crippen molar-refractivity contribution in [1.29, 1.82) is 0 Å². The fraction of sp³-hybridized carbons (Fsp3) is 0.0667. The van der Waals surface area contributed by atoms with Crippen molar-refractivity contribution >= 4 is 16.9 Å². The third-order valence-corrected chi connectivity index (χ3v) is 3.18. The lowest BCUT2D eigenvalue weighted by Gasteiger charge is -2.02. The van der Waals surface area contributed by atoms with E-state index in [1.165, 1.54) is 6.20 Å². The number of para-hydroxylation sites is 1. The van der Waals surface area contributed by atoms with Crippen LogP contribution in [-0.2, 0) is 0 Å². The molecule has 0 saturated heterocycles. The van der Waals surface area contributed by atoms with Crippen LogP contribution in [0.5, 0.6) is 5.75 Å². The smallest absolute Gasteiger partial charge is 0.337 e. The van der Waals surface area contributed by atoms with Gasteiger partial charge in [-0.2, -0.15) is 0 Å². The highest BCUT2D eigenvalue weighted by molar-refractivity contribution is 5.98. The van der Waals surface area contributed by atoms with Crippen LogP contribution in [0, 0.1) is 0 Å². The van der Waals surface area contributed by atoms with Crippen molar-refractivity contribution < 1.29 is 14.6 Å². The summed E-state index contributed by atoms with van der Waals surface area (Å²) in [5.41, 5.74) is 2.70. The van der Waals surface area contributed by atoms with Gasteiger partial charge in [0.1, 0.15) is 5.75 Å². The lowest BCUT2D eigenvalue weighted by molar-refractivity contribution is 0.0696. The van der Waals surface area contributed by atoms with Crippen LogP contribution >= 0.6 is 0 Å². The average molecular weight is 268 g/mol. The minimum Gasteiger partial charge on any atom is -0.495 e. The Hall–Kier alpha value is -2.82. The largest absolute Gasteiger partial charge is 0.495 e. The van der Waals surface area contributed by atoms with Gasteiger partial charge in [-0.25, -0.2) is 4.79 Å². The Morgan fingerprint density at radius 2 is 2.15 bits per heavy atom. The fourth-order valence-electron chi connectivity index (χ4n) is 2.19. The molecule has 2 N–H and O–H groups in total. The number of fused-ring (bicyclic) bond motifs is 1. The monoisotopic (exact) mass is 268 g/mol. The molecule has 0 aliphatic carbocycles. The first-order chi connectivity index (χ1) is 9.70. The SMILES string of the molecule is COc1cccc2c(-c3ccc(C(=O)O)cn3)c[nH]c12. The second kappa shape index (κ2) is 4.70. The van der Waals surface area contributed by atoms with Crippen LogP contribution in [0.2, 0.25) is 0 Å². The van der Waals surface area contributed by atoms with E-state index in [0.29, 0.717) is 0 Å². The topological polar surface area (TPSA) is 75.2 Å². The van der Waals surface area contributed by atoms with Gasteiger partial charge in [-0.15, -0.1) is 0 Å². The van der Waals surface area contributed by atoms with Crippen LogP contribution in [0.15, 0.2) is 42.7 Å². The van der Waals surface area contributed by atoms with Crippen LogP contribution in [0.25, 0.3) is 22.2 Å². The molecule has 100 valence electrons. The highest BCUT2D eigenvalue weighted by Crippen LogP contribution is 2.32. The van der Waals surface area contributed by atoms with Gasteiger partial charge in [0.05, 0.1) is 23.9 Å². The highest BCUT2D eigenvalue weighted by Gasteiger charge is 2.11. The number of hydrogen-bond acceptors (Lipinski definition) is 3. The van der Waals surface area contributed by atoms with Gasteiger partial charge in [0.2, 0.25) is 0 Å². The van der Waals surface area contributed by atoms with Crippen molar-refractivity contribution in [2.24, 2.45) is 0 Å². The number of rotatable bonds is 3. The minimum atomic E-state index is -0.982. The first kappa shape index (κ1) is 12.2. The number of hydrogen-bond donors (Lipinski definition) is 2. The second-order valence-corrected chi connectivity index (χ2v) is 4.32. The molecule has 1 aromatic carbocycles. The fourth-order valence-corrected chi connectivity index (χ4v) is 2.19. The predicted octanol–water partition coefficient (Wildman–Crippen LogP) is 2.94. The summed E-state index contributed by atoms with van der Waals surface area (Å²) in [5, 5.41) is 9.87. The summed E-state index contributed by atoms with van der Waals surface area (Å²) in [6, 6.07) is 9.00. The summed E-state index contributed by atoms with van der Waals surface area (Å²) in [7, 11) is 1.62. The van der Waals surface area contributed by atoms with Gasteiger partial charge in [-0.1, -0.05) is 12.1 Å². The van der Waals surface area contributed by atoms with E-state index < -0.39 is 5.97 Å². The van der Waals surface area contributed by atoms with Gasteiger partial charge in [-0.05, 0) is 18.2 Å². The second-order valence-electron chi connectivity index (χ2n) is 4.32. The van der Waals surface area contributed by atoms with E-state index in [9.17, 15) is 4.79 Å². The molecule has 0 amide bonds. The Balaban J connectivity index is 2.12. The van der Waals surface area contributed by atoms with Gasteiger partial charge in [0.15, 0.2) is 0 Å². The van der Waals surface area contributed by atoms with Crippen molar-refractivity contribution in [3.8, 4) is 17.0 Å². The zero-order valence-electron chi connectivity index (χ0n) is 10.8. The third kappa shape index (κ3) is 1.89. The Morgan fingerprint density at radius 1 is 1.30 bits per heavy atom. The molecule has 0 atom stereocenters. The molecular formula is C15H12N2O3. The lowest BCUT2D eigenvalue weighted by Crippen LogP contribution is -1.96. The number of benzene rings is 1. The lowest BCUT2D eigenvalue weighted by atomic mass is 10.1. The van der Waals surface area contributed by atoms with Crippen LogP contribution < -0.4 is 4.74 Å². The average Bonchev–Trinajstić information content (AvgIpc) is 2.91. The van der Waals surface area contributed by atoms with Gasteiger partial charge in [0.25, 0.3) is 0 Å². The molecule has 0 aliphatic heterocycles. The summed E-state index contributed by atoms with van der Waals surface area (Å²) in [4.78, 5) is 18.2. The quantitative estimate of drug-likeness (QED) is 0.765. The number of nitrogens with one attached hydrogen (secondary N) is 1. The molecular weight excluding hydrogens is 256 g/mol. The number of carbonyl (C=O) groups is 1. The summed E-state index contributed by atoms with van der Waals surface area (Å²) in [6.07, 6.45) is 3.20. The number of pyridine rings is 1. The van der Waals surface area contributed by atoms with Crippen molar-refractivity contribution in [3.05, 3.63) is 48.3 Å². The van der Waals surface area contributed by atoms with E-state index in [-0.39, 0.29) is 5.56 Å². The predicted molar refractivity (Wildman–Crippen MR) is 75.0 cm³/mol. The molecule has 0 radical (unpaired) electrons. The van der Waals surface area contributed by atoms with Crippen LogP contribution in [0.1, 0.15) is 10.4 Å². The number of H-pyrrole nitrogens is 1. The summed E-state index contributed by atoms with van der Waals surface area (Å²) < 4.78 is 5.30. The molecule has 5 heteroatoms. The van der Waals surface area contributed by atoms with E-state index in [1.807, 2.05) is 24.4 Å². The Labute approximate surface area is 114 Å². The summed E-state index contributed by atoms with van der Waals surface area (Å²) in [6.45, 7) is 0. The van der Waals surface area contributed by atoms with Crippen molar-refractivity contribution in [1.82, 2.24) is 9.97 Å². The number of ether oxygens (including phenoxy) is 1. The van der Waals surface area contributed by atoms with Crippen molar-refractivity contribution in [2.75, 3.05) is 7.11 Å². The molecule has 20 heavy (non-hydrogen) atoms. The van der Waals surface area contributed by atoms with E-state index in [1.54, 1.807) is 19.2 Å². The molecule has 5 nitrogen and oxygen atoms in total. The molecule has 0 spiro atoms. The number of aromatic nitrogens is 2. The molecule has 0 bridgehead atoms. The van der Waals surface area contributed by atoms with E-state index in [2.05, 4.69) is 9.97 Å². The number of nitrogens with zero attached hydrogens (tertiary/aromatic N) is 1. The maximum atomic E-state index is 10.8. The van der Waals surface area contributed by atoms with Gasteiger partial charge in [-0.3, -0.25) is 4.98 Å². The molecule has 0 unspecified atom stereocenters. The Kier molecular flexibility index (Phi) is 2.87. The highest BCUT2D eigenvalue weighted by atomic mass is 16.5. The molecule has 0 fully saturated rings. The van der Waals surface area contributed by atoms with Crippen molar-refractivity contribution in [2.45, 2.75) is 0 Å². The number of carboxylic acid groups (broad SMARTS) is 1. The molecule has 0 aliphatic rings. The summed E-state index contributed by atoms with van der Waals surface area (Å²) in [5.74, 6) is -0.222. The number of aromatic carboxylic acids is 1. The number of methoxy groups -OCH3 is 1. The zero-order chi connectivity index (χ0) is 14.1.